The maximum absolute atomic E-state index is 13.5. The van der Waals surface area contributed by atoms with Crippen molar-refractivity contribution in [3.63, 3.8) is 0 Å². The lowest BCUT2D eigenvalue weighted by Crippen LogP contribution is -2.33. The fourth-order valence-corrected chi connectivity index (χ4v) is 4.11. The molecule has 7 nitrogen and oxygen atoms in total. The van der Waals surface area contributed by atoms with Crippen LogP contribution in [-0.2, 0) is 24.4 Å². The number of hydrogen-bond acceptors (Lipinski definition) is 5. The average Bonchev–Trinajstić information content (AvgIpc) is 3.30. The van der Waals surface area contributed by atoms with Crippen LogP contribution >= 0.6 is 0 Å². The van der Waals surface area contributed by atoms with E-state index in [0.717, 1.165) is 11.1 Å². The van der Waals surface area contributed by atoms with Crippen LogP contribution in [0.3, 0.4) is 0 Å². The van der Waals surface area contributed by atoms with Crippen LogP contribution < -0.4 is 20.5 Å². The van der Waals surface area contributed by atoms with Gasteiger partial charge in [0.25, 0.3) is 5.91 Å². The SMILES string of the molecule is CC(C)(C)CC(=O)N(Cc1cccc(CN)c1)Cc1cc2c(cc1NC(=O)c1ccc(F)cc1)OCO2. The number of nitrogens with two attached hydrogens (primary N) is 1. The number of carbonyl (C=O) groups excluding carboxylic acids is 2. The summed E-state index contributed by atoms with van der Waals surface area (Å²) >= 11 is 0. The Kier molecular flexibility index (Phi) is 7.78. The van der Waals surface area contributed by atoms with Crippen molar-refractivity contribution in [1.29, 1.82) is 0 Å². The first-order valence-corrected chi connectivity index (χ1v) is 12.2. The molecule has 0 saturated carbocycles. The van der Waals surface area contributed by atoms with Crippen LogP contribution in [0.25, 0.3) is 0 Å². The van der Waals surface area contributed by atoms with Crippen LogP contribution in [0.15, 0.2) is 60.7 Å². The third-order valence-electron chi connectivity index (χ3n) is 5.95. The highest BCUT2D eigenvalue weighted by Gasteiger charge is 2.25. The van der Waals surface area contributed by atoms with Gasteiger partial charge < -0.3 is 25.4 Å². The molecule has 0 unspecified atom stereocenters. The predicted molar refractivity (Wildman–Crippen MR) is 140 cm³/mol. The Bertz CT molecular complexity index is 1290. The molecule has 0 fully saturated rings. The number of anilines is 1. The molecule has 8 heteroatoms. The van der Waals surface area contributed by atoms with Crippen LogP contribution in [0.5, 0.6) is 11.5 Å². The van der Waals surface area contributed by atoms with Gasteiger partial charge in [-0.3, -0.25) is 9.59 Å². The fraction of sp³-hybridized carbons (Fsp3) is 0.310. The van der Waals surface area contributed by atoms with Crippen LogP contribution in [0.4, 0.5) is 10.1 Å². The van der Waals surface area contributed by atoms with Crippen LogP contribution in [-0.4, -0.2) is 23.5 Å². The first-order valence-electron chi connectivity index (χ1n) is 12.2. The van der Waals surface area contributed by atoms with Crippen molar-refractivity contribution in [2.24, 2.45) is 11.1 Å². The van der Waals surface area contributed by atoms with Gasteiger partial charge in [-0.25, -0.2) is 4.39 Å². The molecule has 0 radical (unpaired) electrons. The molecule has 3 aromatic rings. The zero-order valence-corrected chi connectivity index (χ0v) is 21.3. The molecule has 3 N–H and O–H groups in total. The van der Waals surface area contributed by atoms with E-state index in [-0.39, 0.29) is 24.7 Å². The van der Waals surface area contributed by atoms with Gasteiger partial charge in [-0.15, -0.1) is 0 Å². The maximum Gasteiger partial charge on any atom is 0.255 e. The molecule has 0 saturated heterocycles. The van der Waals surface area contributed by atoms with Crippen molar-refractivity contribution >= 4 is 17.5 Å². The summed E-state index contributed by atoms with van der Waals surface area (Å²) in [4.78, 5) is 28.2. The lowest BCUT2D eigenvalue weighted by atomic mass is 9.91. The van der Waals surface area contributed by atoms with E-state index in [1.54, 1.807) is 17.0 Å². The summed E-state index contributed by atoms with van der Waals surface area (Å²) in [5, 5.41) is 2.90. The lowest BCUT2D eigenvalue weighted by Gasteiger charge is -2.28. The number of amides is 2. The minimum Gasteiger partial charge on any atom is -0.454 e. The number of nitrogens with one attached hydrogen (secondary N) is 1. The second kappa shape index (κ2) is 11.0. The summed E-state index contributed by atoms with van der Waals surface area (Å²) in [6, 6.07) is 16.6. The van der Waals surface area contributed by atoms with Gasteiger partial charge in [0.15, 0.2) is 11.5 Å². The van der Waals surface area contributed by atoms with Crippen LogP contribution in [0.2, 0.25) is 0 Å². The molecular weight excluding hydrogens is 473 g/mol. The third kappa shape index (κ3) is 6.86. The molecule has 1 aliphatic heterocycles. The third-order valence-corrected chi connectivity index (χ3v) is 5.95. The van der Waals surface area contributed by atoms with Crippen LogP contribution in [0.1, 0.15) is 54.2 Å². The summed E-state index contributed by atoms with van der Waals surface area (Å²) in [5.41, 5.74) is 9.05. The molecule has 0 spiro atoms. The highest BCUT2D eigenvalue weighted by molar-refractivity contribution is 6.04. The van der Waals surface area contributed by atoms with E-state index in [0.29, 0.717) is 47.8 Å². The van der Waals surface area contributed by atoms with E-state index in [9.17, 15) is 14.0 Å². The van der Waals surface area contributed by atoms with Gasteiger partial charge >= 0.3 is 0 Å². The molecule has 1 heterocycles. The smallest absolute Gasteiger partial charge is 0.255 e. The maximum atomic E-state index is 13.5. The Hall–Kier alpha value is -3.91. The van der Waals surface area contributed by atoms with E-state index in [2.05, 4.69) is 5.32 Å². The van der Waals surface area contributed by atoms with E-state index in [4.69, 9.17) is 15.2 Å². The van der Waals surface area contributed by atoms with Gasteiger partial charge in [-0.05, 0) is 52.4 Å². The van der Waals surface area contributed by atoms with Gasteiger partial charge in [0.05, 0.1) is 0 Å². The molecule has 0 aliphatic carbocycles. The molecule has 37 heavy (non-hydrogen) atoms. The second-order valence-electron chi connectivity index (χ2n) is 10.3. The monoisotopic (exact) mass is 505 g/mol. The molecule has 0 aromatic heterocycles. The van der Waals surface area contributed by atoms with Gasteiger partial charge in [-0.2, -0.15) is 0 Å². The number of ether oxygens (including phenoxy) is 2. The molecule has 2 amide bonds. The quantitative estimate of drug-likeness (QED) is 0.437. The molecular formula is C29H32FN3O4. The first kappa shape index (κ1) is 26.2. The number of nitrogens with zero attached hydrogens (tertiary/aromatic N) is 1. The minimum atomic E-state index is -0.424. The van der Waals surface area contributed by atoms with Crippen molar-refractivity contribution in [1.82, 2.24) is 4.90 Å². The zero-order valence-electron chi connectivity index (χ0n) is 21.3. The largest absolute Gasteiger partial charge is 0.454 e. The molecule has 194 valence electrons. The number of carbonyl (C=O) groups is 2. The summed E-state index contributed by atoms with van der Waals surface area (Å²) in [7, 11) is 0. The topological polar surface area (TPSA) is 93.9 Å². The Balaban J connectivity index is 1.66. The predicted octanol–water partition coefficient (Wildman–Crippen LogP) is 5.23. The van der Waals surface area contributed by atoms with E-state index in [1.165, 1.54) is 24.3 Å². The van der Waals surface area contributed by atoms with E-state index < -0.39 is 11.7 Å². The second-order valence-corrected chi connectivity index (χ2v) is 10.3. The number of fused-ring (bicyclic) bond motifs is 1. The molecule has 1 aliphatic rings. The highest BCUT2D eigenvalue weighted by atomic mass is 19.1. The number of rotatable bonds is 8. The van der Waals surface area contributed by atoms with Crippen molar-refractivity contribution in [2.75, 3.05) is 12.1 Å². The standard InChI is InChI=1S/C29H32FN3O4/c1-29(2,3)14-27(34)33(16-20-6-4-5-19(11-20)15-31)17-22-12-25-26(37-18-36-25)13-24(22)32-28(35)21-7-9-23(30)10-8-21/h4-13H,14-18,31H2,1-3H3,(H,32,35). The lowest BCUT2D eigenvalue weighted by molar-refractivity contribution is -0.134. The summed E-state index contributed by atoms with van der Waals surface area (Å²) in [6.45, 7) is 7.15. The van der Waals surface area contributed by atoms with Crippen LogP contribution in [0, 0.1) is 11.2 Å². The Morgan fingerprint density at radius 1 is 0.973 bits per heavy atom. The summed E-state index contributed by atoms with van der Waals surface area (Å²) < 4.78 is 24.4. The summed E-state index contributed by atoms with van der Waals surface area (Å²) in [6.07, 6.45) is 0.353. The fourth-order valence-electron chi connectivity index (χ4n) is 4.11. The van der Waals surface area contributed by atoms with Crippen molar-refractivity contribution in [3.8, 4) is 11.5 Å². The highest BCUT2D eigenvalue weighted by Crippen LogP contribution is 2.38. The van der Waals surface area contributed by atoms with Gasteiger partial charge in [0.2, 0.25) is 12.7 Å². The van der Waals surface area contributed by atoms with Crippen molar-refractivity contribution in [3.05, 3.63) is 88.7 Å². The number of benzene rings is 3. The zero-order chi connectivity index (χ0) is 26.6. The van der Waals surface area contributed by atoms with E-state index in [1.807, 2.05) is 45.0 Å². The van der Waals surface area contributed by atoms with Crippen molar-refractivity contribution in [2.45, 2.75) is 46.8 Å². The number of hydrogen-bond donors (Lipinski definition) is 2. The Labute approximate surface area is 216 Å². The van der Waals surface area contributed by atoms with Crippen molar-refractivity contribution < 1.29 is 23.5 Å². The van der Waals surface area contributed by atoms with E-state index >= 15 is 0 Å². The van der Waals surface area contributed by atoms with Gasteiger partial charge in [0, 0.05) is 43.4 Å². The molecule has 0 atom stereocenters. The normalized spacial score (nSPS) is 12.4. The van der Waals surface area contributed by atoms with Gasteiger partial charge in [0.1, 0.15) is 5.82 Å². The van der Waals surface area contributed by atoms with Gasteiger partial charge in [-0.1, -0.05) is 45.0 Å². The minimum absolute atomic E-state index is 0.0147. The first-order chi connectivity index (χ1) is 17.6. The number of halogens is 1. The molecule has 4 rings (SSSR count). The molecule has 3 aromatic carbocycles. The Morgan fingerprint density at radius 2 is 1.65 bits per heavy atom. The molecule has 0 bridgehead atoms. The Morgan fingerprint density at radius 3 is 2.32 bits per heavy atom. The average molecular weight is 506 g/mol. The summed E-state index contributed by atoms with van der Waals surface area (Å²) in [5.74, 6) is 0.207.